The molecule has 0 saturated carbocycles. The maximum absolute atomic E-state index is 11.5. The average Bonchev–Trinajstić information content (AvgIpc) is 2.26. The summed E-state index contributed by atoms with van der Waals surface area (Å²) < 4.78 is 0. The number of ketones is 1. The van der Waals surface area contributed by atoms with Crippen molar-refractivity contribution in [3.8, 4) is 0 Å². The van der Waals surface area contributed by atoms with Gasteiger partial charge < -0.3 is 11.1 Å². The van der Waals surface area contributed by atoms with E-state index in [1.807, 2.05) is 13.0 Å². The van der Waals surface area contributed by atoms with Crippen molar-refractivity contribution in [2.24, 2.45) is 5.73 Å². The summed E-state index contributed by atoms with van der Waals surface area (Å²) in [5, 5.41) is 3.89. The standard InChI is InChI=1S/C13H21ClN2O.ClH/c1-4-5-8-16-13(3)11(15)7-6-10(9(2)17)12(13)14;/h6-7,11,16H,4-5,8,15H2,1-3H3;1H. The predicted molar refractivity (Wildman–Crippen MR) is 79.2 cm³/mol. The molecule has 104 valence electrons. The van der Waals surface area contributed by atoms with E-state index in [1.165, 1.54) is 6.92 Å². The summed E-state index contributed by atoms with van der Waals surface area (Å²) in [7, 11) is 0. The van der Waals surface area contributed by atoms with Crippen LogP contribution in [0.15, 0.2) is 22.8 Å². The van der Waals surface area contributed by atoms with E-state index < -0.39 is 5.54 Å². The number of Topliss-reactive ketones (excluding diaryl/α,β-unsaturated/α-hetero) is 1. The van der Waals surface area contributed by atoms with Crippen molar-refractivity contribution < 1.29 is 4.79 Å². The highest BCUT2D eigenvalue weighted by molar-refractivity contribution is 6.33. The lowest BCUT2D eigenvalue weighted by Gasteiger charge is -2.38. The highest BCUT2D eigenvalue weighted by Gasteiger charge is 2.37. The number of nitrogens with two attached hydrogens (primary N) is 1. The van der Waals surface area contributed by atoms with Crippen molar-refractivity contribution in [2.75, 3.05) is 6.54 Å². The molecular formula is C13H22Cl2N2O. The molecule has 18 heavy (non-hydrogen) atoms. The summed E-state index contributed by atoms with van der Waals surface area (Å²) in [6, 6.07) is -0.213. The molecule has 3 N–H and O–H groups in total. The maximum Gasteiger partial charge on any atom is 0.161 e. The third-order valence-corrected chi connectivity index (χ3v) is 3.83. The van der Waals surface area contributed by atoms with E-state index in [0.717, 1.165) is 19.4 Å². The van der Waals surface area contributed by atoms with Crippen molar-refractivity contribution in [3.63, 3.8) is 0 Å². The largest absolute Gasteiger partial charge is 0.323 e. The van der Waals surface area contributed by atoms with E-state index in [9.17, 15) is 4.79 Å². The number of hydrogen-bond donors (Lipinski definition) is 2. The van der Waals surface area contributed by atoms with Crippen LogP contribution >= 0.6 is 24.0 Å². The molecule has 0 radical (unpaired) electrons. The van der Waals surface area contributed by atoms with E-state index in [2.05, 4.69) is 12.2 Å². The Morgan fingerprint density at radius 3 is 2.72 bits per heavy atom. The van der Waals surface area contributed by atoms with Gasteiger partial charge in [0, 0.05) is 11.6 Å². The summed E-state index contributed by atoms with van der Waals surface area (Å²) >= 11 is 6.32. The molecule has 0 amide bonds. The summed E-state index contributed by atoms with van der Waals surface area (Å²) in [6.45, 7) is 6.44. The van der Waals surface area contributed by atoms with Gasteiger partial charge in [-0.05, 0) is 26.8 Å². The van der Waals surface area contributed by atoms with Gasteiger partial charge in [-0.1, -0.05) is 37.1 Å². The van der Waals surface area contributed by atoms with Gasteiger partial charge in [0.15, 0.2) is 5.78 Å². The number of allylic oxidation sites excluding steroid dienone is 2. The smallest absolute Gasteiger partial charge is 0.161 e. The van der Waals surface area contributed by atoms with Crippen LogP contribution in [0.1, 0.15) is 33.6 Å². The number of rotatable bonds is 5. The lowest BCUT2D eigenvalue weighted by atomic mass is 9.84. The third kappa shape index (κ3) is 3.58. The van der Waals surface area contributed by atoms with Crippen LogP contribution in [0.25, 0.3) is 0 Å². The normalized spacial score (nSPS) is 27.1. The molecule has 5 heteroatoms. The van der Waals surface area contributed by atoms with Gasteiger partial charge in [0.25, 0.3) is 0 Å². The van der Waals surface area contributed by atoms with Crippen molar-refractivity contribution in [1.29, 1.82) is 0 Å². The molecule has 3 nitrogen and oxygen atoms in total. The molecule has 0 heterocycles. The Bertz CT molecular complexity index is 366. The Morgan fingerprint density at radius 1 is 1.61 bits per heavy atom. The molecule has 0 bridgehead atoms. The van der Waals surface area contributed by atoms with Gasteiger partial charge in [-0.25, -0.2) is 0 Å². The van der Waals surface area contributed by atoms with Crippen LogP contribution in [-0.4, -0.2) is 23.9 Å². The Labute approximate surface area is 120 Å². The Balaban J connectivity index is 0.00000289. The minimum Gasteiger partial charge on any atom is -0.323 e. The lowest BCUT2D eigenvalue weighted by molar-refractivity contribution is -0.113. The first-order valence-corrected chi connectivity index (χ1v) is 6.41. The van der Waals surface area contributed by atoms with Gasteiger partial charge in [0.05, 0.1) is 10.6 Å². The summed E-state index contributed by atoms with van der Waals surface area (Å²) in [4.78, 5) is 11.5. The minimum absolute atomic E-state index is 0. The molecule has 2 atom stereocenters. The van der Waals surface area contributed by atoms with Crippen LogP contribution in [0.4, 0.5) is 0 Å². The highest BCUT2D eigenvalue weighted by Crippen LogP contribution is 2.32. The first-order chi connectivity index (χ1) is 7.93. The van der Waals surface area contributed by atoms with Crippen LogP contribution in [-0.2, 0) is 4.79 Å². The summed E-state index contributed by atoms with van der Waals surface area (Å²) in [5.41, 5.74) is 6.09. The second kappa shape index (κ2) is 7.29. The fraction of sp³-hybridized carbons (Fsp3) is 0.615. The van der Waals surface area contributed by atoms with E-state index in [4.69, 9.17) is 17.3 Å². The quantitative estimate of drug-likeness (QED) is 0.766. The first-order valence-electron chi connectivity index (χ1n) is 6.03. The van der Waals surface area contributed by atoms with Crippen LogP contribution < -0.4 is 11.1 Å². The molecule has 1 aliphatic carbocycles. The number of halogens is 2. The third-order valence-electron chi connectivity index (χ3n) is 3.23. The Morgan fingerprint density at radius 2 is 2.22 bits per heavy atom. The van der Waals surface area contributed by atoms with Gasteiger partial charge in [-0.15, -0.1) is 12.4 Å². The highest BCUT2D eigenvalue weighted by atomic mass is 35.5. The van der Waals surface area contributed by atoms with Gasteiger partial charge in [0.1, 0.15) is 0 Å². The molecule has 0 aromatic rings. The lowest BCUT2D eigenvalue weighted by Crippen LogP contribution is -2.57. The van der Waals surface area contributed by atoms with Crippen molar-refractivity contribution in [2.45, 2.75) is 45.2 Å². The van der Waals surface area contributed by atoms with Gasteiger partial charge >= 0.3 is 0 Å². The zero-order valence-electron chi connectivity index (χ0n) is 11.1. The minimum atomic E-state index is -0.535. The van der Waals surface area contributed by atoms with Gasteiger partial charge in [-0.3, -0.25) is 4.79 Å². The van der Waals surface area contributed by atoms with Crippen LogP contribution in [0.3, 0.4) is 0 Å². The summed E-state index contributed by atoms with van der Waals surface area (Å²) in [5.74, 6) is -0.0262. The molecule has 0 aromatic carbocycles. The second-order valence-corrected chi connectivity index (χ2v) is 5.03. The number of nitrogens with one attached hydrogen (secondary N) is 1. The molecule has 2 unspecified atom stereocenters. The fourth-order valence-corrected chi connectivity index (χ4v) is 2.27. The number of carbonyl (C=O) groups is 1. The SMILES string of the molecule is CCCCNC1(C)C(Cl)=C(C(C)=O)C=CC1N.Cl. The van der Waals surface area contributed by atoms with E-state index in [-0.39, 0.29) is 24.2 Å². The van der Waals surface area contributed by atoms with Crippen LogP contribution in [0.2, 0.25) is 0 Å². The number of hydrogen-bond acceptors (Lipinski definition) is 3. The Hall–Kier alpha value is -0.350. The van der Waals surface area contributed by atoms with Crippen molar-refractivity contribution in [1.82, 2.24) is 5.32 Å². The fourth-order valence-electron chi connectivity index (χ4n) is 1.88. The molecule has 1 aliphatic rings. The zero-order chi connectivity index (χ0) is 13.1. The van der Waals surface area contributed by atoms with Crippen molar-refractivity contribution >= 4 is 29.8 Å². The molecule has 1 rings (SSSR count). The van der Waals surface area contributed by atoms with Crippen LogP contribution in [0, 0.1) is 0 Å². The second-order valence-electron chi connectivity index (χ2n) is 4.65. The predicted octanol–water partition coefficient (Wildman–Crippen LogP) is 2.54. The molecule has 0 spiro atoms. The molecule has 0 fully saturated rings. The Kier molecular flexibility index (Phi) is 7.15. The number of unbranched alkanes of at least 4 members (excludes halogenated alkanes) is 1. The maximum atomic E-state index is 11.5. The van der Waals surface area contributed by atoms with E-state index in [1.54, 1.807) is 6.08 Å². The zero-order valence-corrected chi connectivity index (χ0v) is 12.7. The number of carbonyl (C=O) groups excluding carboxylic acids is 1. The monoisotopic (exact) mass is 292 g/mol. The van der Waals surface area contributed by atoms with Crippen LogP contribution in [0.5, 0.6) is 0 Å². The summed E-state index contributed by atoms with van der Waals surface area (Å²) in [6.07, 6.45) is 5.72. The molecular weight excluding hydrogens is 271 g/mol. The average molecular weight is 293 g/mol. The van der Waals surface area contributed by atoms with Gasteiger partial charge in [0.2, 0.25) is 0 Å². The van der Waals surface area contributed by atoms with Gasteiger partial charge in [-0.2, -0.15) is 0 Å². The van der Waals surface area contributed by atoms with Crippen molar-refractivity contribution in [3.05, 3.63) is 22.8 Å². The van der Waals surface area contributed by atoms with E-state index >= 15 is 0 Å². The van der Waals surface area contributed by atoms with E-state index in [0.29, 0.717) is 10.6 Å². The topological polar surface area (TPSA) is 55.1 Å². The molecule has 0 saturated heterocycles. The first kappa shape index (κ1) is 17.6. The molecule has 0 aromatic heterocycles. The molecule has 0 aliphatic heterocycles.